The first kappa shape index (κ1) is 32.8. The van der Waals surface area contributed by atoms with Crippen LogP contribution in [0.15, 0.2) is 42.0 Å². The Labute approximate surface area is 273 Å². The molecule has 1 aromatic carbocycles. The molecule has 5 aliphatic rings. The lowest BCUT2D eigenvalue weighted by Gasteiger charge is -2.71. The van der Waals surface area contributed by atoms with E-state index in [0.717, 1.165) is 63.4 Å². The smallest absolute Gasteiger partial charge is 0.313 e. The van der Waals surface area contributed by atoms with E-state index in [1.807, 2.05) is 30.3 Å². The number of carbonyl (C=O) groups is 2. The molecule has 0 aliphatic heterocycles. The summed E-state index contributed by atoms with van der Waals surface area (Å²) in [7, 11) is 0. The summed E-state index contributed by atoms with van der Waals surface area (Å²) in [5, 5.41) is 0. The lowest BCUT2D eigenvalue weighted by molar-refractivity contribution is -0.208. The number of ether oxygens (including phenoxy) is 2. The number of benzene rings is 1. The first-order valence-corrected chi connectivity index (χ1v) is 18.2. The van der Waals surface area contributed by atoms with Crippen molar-refractivity contribution in [2.75, 3.05) is 0 Å². The van der Waals surface area contributed by atoms with Crippen LogP contribution in [0.5, 0.6) is 0 Å². The fraction of sp³-hybridized carbons (Fsp3) is 0.756. The van der Waals surface area contributed by atoms with Gasteiger partial charge in [-0.05, 0) is 121 Å². The Bertz CT molecular complexity index is 1330. The van der Waals surface area contributed by atoms with Crippen molar-refractivity contribution in [3.8, 4) is 0 Å². The van der Waals surface area contributed by atoms with Crippen molar-refractivity contribution in [1.29, 1.82) is 0 Å². The molecule has 4 heteroatoms. The van der Waals surface area contributed by atoms with Crippen LogP contribution in [0.4, 0.5) is 0 Å². The molecule has 45 heavy (non-hydrogen) atoms. The summed E-state index contributed by atoms with van der Waals surface area (Å²) in [6.45, 7) is 19.8. The van der Waals surface area contributed by atoms with Crippen LogP contribution in [-0.2, 0) is 25.7 Å². The highest BCUT2D eigenvalue weighted by molar-refractivity contribution is 5.79. The fourth-order valence-electron chi connectivity index (χ4n) is 12.2. The Morgan fingerprint density at radius 3 is 2.27 bits per heavy atom. The Balaban J connectivity index is 1.34. The number of allylic oxidation sites excluding steroid dienone is 2. The van der Waals surface area contributed by atoms with Gasteiger partial charge in [-0.3, -0.25) is 9.59 Å². The van der Waals surface area contributed by atoms with Gasteiger partial charge < -0.3 is 9.47 Å². The number of carbonyl (C=O) groups excluding carboxylic acids is 2. The van der Waals surface area contributed by atoms with Gasteiger partial charge in [-0.25, -0.2) is 0 Å². The summed E-state index contributed by atoms with van der Waals surface area (Å²) in [6, 6.07) is 10.1. The predicted octanol–water partition coefficient (Wildman–Crippen LogP) is 10.2. The predicted molar refractivity (Wildman–Crippen MR) is 180 cm³/mol. The molecule has 5 aliphatic carbocycles. The second kappa shape index (κ2) is 11.3. The molecule has 4 nitrogen and oxygen atoms in total. The molecule has 8 atom stereocenters. The molecule has 0 N–H and O–H groups in total. The molecular weight excluding hydrogens is 556 g/mol. The Morgan fingerprint density at radius 2 is 1.56 bits per heavy atom. The molecule has 6 rings (SSSR count). The van der Waals surface area contributed by atoms with E-state index in [9.17, 15) is 9.59 Å². The van der Waals surface area contributed by atoms with Crippen LogP contribution in [0.1, 0.15) is 138 Å². The Hall–Kier alpha value is -2.10. The molecule has 4 saturated carbocycles. The SMILES string of the molecule is CCCC(=O)O[C@H]1CC(C)(C)[C@@H]2CC[C@]3(C)[C@H](CC=C4[C@@H]5CC(C)(C)CC[C@]5(C(=O)OCc5ccccc5)CC[C@]43C)[C@@]2(C)C1. The number of fused-ring (bicyclic) bond motifs is 7. The van der Waals surface area contributed by atoms with E-state index in [0.29, 0.717) is 24.9 Å². The molecule has 0 unspecified atom stereocenters. The van der Waals surface area contributed by atoms with E-state index in [4.69, 9.17) is 9.47 Å². The lowest BCUT2D eigenvalue weighted by atomic mass is 9.33. The highest BCUT2D eigenvalue weighted by Crippen LogP contribution is 2.76. The van der Waals surface area contributed by atoms with Gasteiger partial charge in [0, 0.05) is 6.42 Å². The molecule has 4 fully saturated rings. The average Bonchev–Trinajstić information content (AvgIpc) is 2.96. The topological polar surface area (TPSA) is 52.6 Å². The van der Waals surface area contributed by atoms with Crippen LogP contribution in [0, 0.1) is 50.2 Å². The fourth-order valence-corrected chi connectivity index (χ4v) is 12.2. The maximum Gasteiger partial charge on any atom is 0.313 e. The van der Waals surface area contributed by atoms with E-state index in [-0.39, 0.29) is 51.0 Å². The molecule has 0 amide bonds. The molecule has 248 valence electrons. The third-order valence-electron chi connectivity index (χ3n) is 14.6. The zero-order valence-corrected chi connectivity index (χ0v) is 29.6. The van der Waals surface area contributed by atoms with E-state index in [2.05, 4.69) is 61.5 Å². The lowest BCUT2D eigenvalue weighted by Crippen LogP contribution is -2.65. The van der Waals surface area contributed by atoms with Crippen molar-refractivity contribution < 1.29 is 19.1 Å². The van der Waals surface area contributed by atoms with Crippen LogP contribution in [0.3, 0.4) is 0 Å². The van der Waals surface area contributed by atoms with Gasteiger partial charge in [0.15, 0.2) is 0 Å². The number of rotatable bonds is 6. The third kappa shape index (κ3) is 5.23. The summed E-state index contributed by atoms with van der Waals surface area (Å²) in [4.78, 5) is 27.0. The van der Waals surface area contributed by atoms with Crippen LogP contribution in [0.2, 0.25) is 0 Å². The summed E-state index contributed by atoms with van der Waals surface area (Å²) >= 11 is 0. The summed E-state index contributed by atoms with van der Waals surface area (Å²) < 4.78 is 12.4. The summed E-state index contributed by atoms with van der Waals surface area (Å²) in [5.41, 5.74) is 2.82. The molecule has 0 aromatic heterocycles. The van der Waals surface area contributed by atoms with Crippen molar-refractivity contribution >= 4 is 11.9 Å². The minimum atomic E-state index is -0.425. The van der Waals surface area contributed by atoms with Crippen molar-refractivity contribution in [2.24, 2.45) is 50.2 Å². The molecule has 0 heterocycles. The van der Waals surface area contributed by atoms with Crippen molar-refractivity contribution in [2.45, 2.75) is 145 Å². The number of hydrogen-bond acceptors (Lipinski definition) is 4. The molecule has 1 aromatic rings. The first-order chi connectivity index (χ1) is 21.1. The maximum atomic E-state index is 14.3. The number of hydrogen-bond donors (Lipinski definition) is 0. The molecule has 0 saturated heterocycles. The van der Waals surface area contributed by atoms with Gasteiger partial charge in [0.05, 0.1) is 5.41 Å². The monoisotopic (exact) mass is 616 g/mol. The van der Waals surface area contributed by atoms with Gasteiger partial charge in [-0.1, -0.05) is 97.4 Å². The van der Waals surface area contributed by atoms with Crippen LogP contribution < -0.4 is 0 Å². The first-order valence-electron chi connectivity index (χ1n) is 18.2. The third-order valence-corrected chi connectivity index (χ3v) is 14.6. The molecular formula is C41H60O4. The van der Waals surface area contributed by atoms with Gasteiger partial charge in [0.1, 0.15) is 12.7 Å². The minimum Gasteiger partial charge on any atom is -0.462 e. The highest BCUT2D eigenvalue weighted by Gasteiger charge is 2.69. The van der Waals surface area contributed by atoms with E-state index >= 15 is 0 Å². The van der Waals surface area contributed by atoms with Crippen molar-refractivity contribution in [3.63, 3.8) is 0 Å². The Morgan fingerprint density at radius 1 is 0.844 bits per heavy atom. The van der Waals surface area contributed by atoms with Crippen LogP contribution in [-0.4, -0.2) is 18.0 Å². The van der Waals surface area contributed by atoms with Gasteiger partial charge >= 0.3 is 11.9 Å². The largest absolute Gasteiger partial charge is 0.462 e. The zero-order valence-electron chi connectivity index (χ0n) is 29.6. The second-order valence-electron chi connectivity index (χ2n) is 18.2. The number of esters is 2. The maximum absolute atomic E-state index is 14.3. The summed E-state index contributed by atoms with van der Waals surface area (Å²) in [6.07, 6.45) is 14.4. The van der Waals surface area contributed by atoms with E-state index in [1.54, 1.807) is 5.57 Å². The van der Waals surface area contributed by atoms with Crippen LogP contribution >= 0.6 is 0 Å². The molecule has 0 spiro atoms. The van der Waals surface area contributed by atoms with Crippen molar-refractivity contribution in [1.82, 2.24) is 0 Å². The average molecular weight is 617 g/mol. The van der Waals surface area contributed by atoms with E-state index in [1.165, 1.54) is 12.8 Å². The Kier molecular flexibility index (Phi) is 8.21. The quantitative estimate of drug-likeness (QED) is 0.236. The zero-order chi connectivity index (χ0) is 32.5. The van der Waals surface area contributed by atoms with Gasteiger partial charge in [-0.2, -0.15) is 0 Å². The molecule has 0 radical (unpaired) electrons. The highest BCUT2D eigenvalue weighted by atomic mass is 16.5. The molecule has 0 bridgehead atoms. The standard InChI is InChI=1S/C41H60O4/c1-9-13-34(42)45-29-24-37(4,5)32-18-19-40(8)33(38(32,6)25-29)17-16-30-31-26-36(2,3)20-22-41(31,23-21-39(30,40)7)35(43)44-27-28-14-11-10-12-15-28/h10-12,14-16,29,31-33H,9,13,17-27H2,1-8H3/t29-,31-,32-,33+,38-,39+,40+,41-/m0/s1. The van der Waals surface area contributed by atoms with E-state index < -0.39 is 5.41 Å². The van der Waals surface area contributed by atoms with Crippen molar-refractivity contribution in [3.05, 3.63) is 47.5 Å². The normalized spacial score (nSPS) is 41.3. The second-order valence-corrected chi connectivity index (χ2v) is 18.2. The van der Waals surface area contributed by atoms with Gasteiger partial charge in [-0.15, -0.1) is 0 Å². The van der Waals surface area contributed by atoms with Crippen LogP contribution in [0.25, 0.3) is 0 Å². The van der Waals surface area contributed by atoms with Gasteiger partial charge in [0.25, 0.3) is 0 Å². The van der Waals surface area contributed by atoms with Gasteiger partial charge in [0.2, 0.25) is 0 Å². The summed E-state index contributed by atoms with van der Waals surface area (Å²) in [5.74, 6) is 1.38. The minimum absolute atomic E-state index is 0.00151.